The molecule has 0 saturated heterocycles. The average molecular weight is 179 g/mol. The van der Waals surface area contributed by atoms with E-state index >= 15 is 0 Å². The maximum absolute atomic E-state index is 11.5. The van der Waals surface area contributed by atoms with Crippen LogP contribution >= 0.6 is 0 Å². The lowest BCUT2D eigenvalue weighted by Crippen LogP contribution is -2.18. The summed E-state index contributed by atoms with van der Waals surface area (Å²) in [5.41, 5.74) is 5.08. The first-order chi connectivity index (χ1) is 5.47. The molecule has 0 spiro atoms. The predicted octanol–water partition coefficient (Wildman–Crippen LogP) is 0.957. The number of aromatic nitrogens is 2. The second-order valence-corrected chi connectivity index (χ2v) is 1.83. The molecule has 0 aromatic carbocycles. The minimum Gasteiger partial charge on any atom is -0.386 e. The Hall–Kier alpha value is -1.53. The Bertz CT molecular complexity index is 258. The number of rotatable bonds is 1. The second kappa shape index (κ2) is 2.84. The number of nitrogen functional groups attached to an aromatic ring is 1. The summed E-state index contributed by atoms with van der Waals surface area (Å²) >= 11 is 0. The molecule has 0 aliphatic heterocycles. The van der Waals surface area contributed by atoms with Crippen LogP contribution in [-0.2, 0) is 0 Å². The molecule has 0 bridgehead atoms. The van der Waals surface area contributed by atoms with Crippen molar-refractivity contribution in [1.82, 2.24) is 9.97 Å². The van der Waals surface area contributed by atoms with Crippen molar-refractivity contribution in [2.45, 2.75) is 6.36 Å². The Labute approximate surface area is 65.2 Å². The molecule has 0 atom stereocenters. The Morgan fingerprint density at radius 2 is 1.92 bits per heavy atom. The molecular formula is C5H4F3N3O. The maximum Gasteiger partial charge on any atom is 0.574 e. The topological polar surface area (TPSA) is 61.0 Å². The standard InChI is InChI=1S/C5H4F3N3O/c6-5(7,8)12-4-2-10-3(9)1-11-4/h1-2H,(H2,9,10). The lowest BCUT2D eigenvalue weighted by molar-refractivity contribution is -0.276. The molecule has 4 nitrogen and oxygen atoms in total. The first-order valence-corrected chi connectivity index (χ1v) is 2.80. The minimum atomic E-state index is -4.75. The van der Waals surface area contributed by atoms with Crippen LogP contribution in [0.2, 0.25) is 0 Å². The number of anilines is 1. The summed E-state index contributed by atoms with van der Waals surface area (Å²) in [4.78, 5) is 6.59. The van der Waals surface area contributed by atoms with Gasteiger partial charge in [-0.1, -0.05) is 0 Å². The highest BCUT2D eigenvalue weighted by Crippen LogP contribution is 2.19. The molecule has 66 valence electrons. The highest BCUT2D eigenvalue weighted by atomic mass is 19.4. The van der Waals surface area contributed by atoms with Crippen LogP contribution < -0.4 is 10.5 Å². The van der Waals surface area contributed by atoms with Crippen molar-refractivity contribution in [3.05, 3.63) is 12.4 Å². The van der Waals surface area contributed by atoms with E-state index in [-0.39, 0.29) is 5.82 Å². The smallest absolute Gasteiger partial charge is 0.386 e. The molecule has 0 aliphatic carbocycles. The maximum atomic E-state index is 11.5. The fourth-order valence-electron chi connectivity index (χ4n) is 0.497. The van der Waals surface area contributed by atoms with Gasteiger partial charge in [0.1, 0.15) is 5.82 Å². The largest absolute Gasteiger partial charge is 0.574 e. The lowest BCUT2D eigenvalue weighted by atomic mass is 10.7. The van der Waals surface area contributed by atoms with Gasteiger partial charge in [-0.15, -0.1) is 13.2 Å². The molecule has 12 heavy (non-hydrogen) atoms. The van der Waals surface area contributed by atoms with E-state index in [4.69, 9.17) is 5.73 Å². The van der Waals surface area contributed by atoms with Crippen molar-refractivity contribution in [3.63, 3.8) is 0 Å². The van der Waals surface area contributed by atoms with Gasteiger partial charge in [0.05, 0.1) is 12.4 Å². The van der Waals surface area contributed by atoms with E-state index in [0.29, 0.717) is 0 Å². The normalized spacial score (nSPS) is 11.2. The molecule has 0 fully saturated rings. The number of ether oxygens (including phenoxy) is 1. The van der Waals surface area contributed by atoms with Gasteiger partial charge in [0.15, 0.2) is 0 Å². The molecule has 1 aromatic heterocycles. The molecule has 0 aliphatic rings. The summed E-state index contributed by atoms with van der Waals surface area (Å²) in [5, 5.41) is 0. The SMILES string of the molecule is Nc1cnc(OC(F)(F)F)cn1. The Morgan fingerprint density at radius 3 is 2.33 bits per heavy atom. The summed E-state index contributed by atoms with van der Waals surface area (Å²) in [5.74, 6) is -0.596. The fourth-order valence-corrected chi connectivity index (χ4v) is 0.497. The van der Waals surface area contributed by atoms with Crippen LogP contribution in [0.25, 0.3) is 0 Å². The van der Waals surface area contributed by atoms with Gasteiger partial charge in [-0.2, -0.15) is 0 Å². The summed E-state index contributed by atoms with van der Waals surface area (Å²) in [6.07, 6.45) is -2.98. The molecule has 1 rings (SSSR count). The number of hydrogen-bond acceptors (Lipinski definition) is 4. The molecule has 2 N–H and O–H groups in total. The zero-order valence-electron chi connectivity index (χ0n) is 5.67. The molecule has 0 saturated carbocycles. The van der Waals surface area contributed by atoms with Crippen molar-refractivity contribution in [2.24, 2.45) is 0 Å². The lowest BCUT2D eigenvalue weighted by Gasteiger charge is -2.06. The van der Waals surface area contributed by atoms with Gasteiger partial charge >= 0.3 is 6.36 Å². The van der Waals surface area contributed by atoms with Crippen molar-refractivity contribution in [3.8, 4) is 5.88 Å². The number of nitrogens with zero attached hydrogens (tertiary/aromatic N) is 2. The zero-order chi connectivity index (χ0) is 9.19. The number of hydrogen-bond donors (Lipinski definition) is 1. The van der Waals surface area contributed by atoms with E-state index in [9.17, 15) is 13.2 Å². The van der Waals surface area contributed by atoms with E-state index in [2.05, 4.69) is 14.7 Å². The first kappa shape index (κ1) is 8.57. The van der Waals surface area contributed by atoms with Crippen LogP contribution in [-0.4, -0.2) is 16.3 Å². The molecule has 0 amide bonds. The number of alkyl halides is 3. The number of halogens is 3. The van der Waals surface area contributed by atoms with Crippen LogP contribution in [0.1, 0.15) is 0 Å². The first-order valence-electron chi connectivity index (χ1n) is 2.80. The Kier molecular flexibility index (Phi) is 2.03. The molecule has 1 aromatic rings. The van der Waals surface area contributed by atoms with Crippen LogP contribution in [0, 0.1) is 0 Å². The molecule has 1 heterocycles. The van der Waals surface area contributed by atoms with Gasteiger partial charge in [0.25, 0.3) is 0 Å². The van der Waals surface area contributed by atoms with Gasteiger partial charge in [0.2, 0.25) is 5.88 Å². The third-order valence-corrected chi connectivity index (χ3v) is 0.868. The van der Waals surface area contributed by atoms with Crippen LogP contribution in [0.15, 0.2) is 12.4 Å². The molecular weight excluding hydrogens is 175 g/mol. The summed E-state index contributed by atoms with van der Waals surface area (Å²) in [7, 11) is 0. The van der Waals surface area contributed by atoms with E-state index in [1.165, 1.54) is 0 Å². The van der Waals surface area contributed by atoms with Gasteiger partial charge in [0, 0.05) is 0 Å². The Morgan fingerprint density at radius 1 is 1.25 bits per heavy atom. The highest BCUT2D eigenvalue weighted by molar-refractivity contribution is 5.24. The second-order valence-electron chi connectivity index (χ2n) is 1.83. The van der Waals surface area contributed by atoms with Crippen LogP contribution in [0.5, 0.6) is 5.88 Å². The minimum absolute atomic E-state index is 0.0320. The monoisotopic (exact) mass is 179 g/mol. The van der Waals surface area contributed by atoms with E-state index < -0.39 is 12.2 Å². The van der Waals surface area contributed by atoms with E-state index in [1.807, 2.05) is 0 Å². The quantitative estimate of drug-likeness (QED) is 0.697. The van der Waals surface area contributed by atoms with E-state index in [1.54, 1.807) is 0 Å². The van der Waals surface area contributed by atoms with E-state index in [0.717, 1.165) is 12.4 Å². The summed E-state index contributed by atoms with van der Waals surface area (Å²) in [6, 6.07) is 0. The molecule has 0 radical (unpaired) electrons. The molecule has 0 unspecified atom stereocenters. The zero-order valence-corrected chi connectivity index (χ0v) is 5.67. The van der Waals surface area contributed by atoms with Crippen molar-refractivity contribution < 1.29 is 17.9 Å². The van der Waals surface area contributed by atoms with Crippen LogP contribution in [0.3, 0.4) is 0 Å². The average Bonchev–Trinajstić information content (AvgIpc) is 1.91. The number of nitrogens with two attached hydrogens (primary N) is 1. The van der Waals surface area contributed by atoms with Crippen LogP contribution in [0.4, 0.5) is 19.0 Å². The predicted molar refractivity (Wildman–Crippen MR) is 33.1 cm³/mol. The summed E-state index contributed by atoms with van der Waals surface area (Å²) in [6.45, 7) is 0. The third kappa shape index (κ3) is 2.60. The Balaban J connectivity index is 2.71. The molecule has 7 heteroatoms. The summed E-state index contributed by atoms with van der Waals surface area (Å²) < 4.78 is 38.0. The van der Waals surface area contributed by atoms with Gasteiger partial charge in [-0.3, -0.25) is 0 Å². The fraction of sp³-hybridized carbons (Fsp3) is 0.200. The van der Waals surface area contributed by atoms with Gasteiger partial charge in [-0.05, 0) is 0 Å². The third-order valence-electron chi connectivity index (χ3n) is 0.868. The van der Waals surface area contributed by atoms with Gasteiger partial charge in [-0.25, -0.2) is 9.97 Å². The van der Waals surface area contributed by atoms with Crippen molar-refractivity contribution >= 4 is 5.82 Å². The van der Waals surface area contributed by atoms with Crippen molar-refractivity contribution in [2.75, 3.05) is 5.73 Å². The highest BCUT2D eigenvalue weighted by Gasteiger charge is 2.31. The van der Waals surface area contributed by atoms with Gasteiger partial charge < -0.3 is 10.5 Å². The van der Waals surface area contributed by atoms with Crippen molar-refractivity contribution in [1.29, 1.82) is 0 Å².